The van der Waals surface area contributed by atoms with Crippen LogP contribution in [0.2, 0.25) is 0 Å². The number of unbranched alkanes of at least 4 members (excludes halogenated alkanes) is 1. The van der Waals surface area contributed by atoms with Gasteiger partial charge in [0.25, 0.3) is 5.91 Å². The Labute approximate surface area is 171 Å². The molecule has 2 rings (SSSR count). The fourth-order valence-corrected chi connectivity index (χ4v) is 2.91. The molecular weight excluding hydrogens is 370 g/mol. The van der Waals surface area contributed by atoms with Crippen LogP contribution in [0.5, 0.6) is 0 Å². The van der Waals surface area contributed by atoms with Crippen molar-refractivity contribution >= 4 is 23.4 Å². The van der Waals surface area contributed by atoms with Crippen molar-refractivity contribution in [1.82, 2.24) is 10.6 Å². The van der Waals surface area contributed by atoms with Gasteiger partial charge in [-0.3, -0.25) is 14.4 Å². The molecule has 1 heterocycles. The van der Waals surface area contributed by atoms with E-state index in [9.17, 15) is 14.4 Å². The summed E-state index contributed by atoms with van der Waals surface area (Å²) in [6.07, 6.45) is 5.69. The first kappa shape index (κ1) is 22.2. The monoisotopic (exact) mass is 399 g/mol. The first-order valence-electron chi connectivity index (χ1n) is 10.0. The van der Waals surface area contributed by atoms with E-state index in [1.807, 2.05) is 0 Å². The second-order valence-corrected chi connectivity index (χ2v) is 6.89. The summed E-state index contributed by atoms with van der Waals surface area (Å²) in [6.45, 7) is 4.89. The highest BCUT2D eigenvalue weighted by Gasteiger charge is 2.18. The van der Waals surface area contributed by atoms with Gasteiger partial charge in [-0.2, -0.15) is 0 Å². The second kappa shape index (κ2) is 11.7. The van der Waals surface area contributed by atoms with Crippen molar-refractivity contribution in [1.29, 1.82) is 0 Å². The predicted molar refractivity (Wildman–Crippen MR) is 111 cm³/mol. The molecule has 0 aliphatic rings. The SMILES string of the molecule is CCCC[C@H](CC)CNC(=O)C(=O)Nc1ccccc1C(=O)NCc1ccco1. The summed E-state index contributed by atoms with van der Waals surface area (Å²) in [7, 11) is 0. The number of carbonyl (C=O) groups excluding carboxylic acids is 3. The lowest BCUT2D eigenvalue weighted by Gasteiger charge is -2.15. The summed E-state index contributed by atoms with van der Waals surface area (Å²) in [4.78, 5) is 36.9. The molecule has 0 fully saturated rings. The molecule has 0 unspecified atom stereocenters. The number of anilines is 1. The van der Waals surface area contributed by atoms with Crippen LogP contribution in [-0.4, -0.2) is 24.3 Å². The van der Waals surface area contributed by atoms with Crippen LogP contribution in [-0.2, 0) is 16.1 Å². The summed E-state index contributed by atoms with van der Waals surface area (Å²) >= 11 is 0. The van der Waals surface area contributed by atoms with E-state index in [1.54, 1.807) is 36.4 Å². The summed E-state index contributed by atoms with van der Waals surface area (Å²) < 4.78 is 5.19. The summed E-state index contributed by atoms with van der Waals surface area (Å²) in [5.41, 5.74) is 0.553. The molecule has 3 N–H and O–H groups in total. The molecule has 3 amide bonds. The molecule has 0 radical (unpaired) electrons. The molecule has 0 bridgehead atoms. The van der Waals surface area contributed by atoms with Gasteiger partial charge in [-0.15, -0.1) is 0 Å². The van der Waals surface area contributed by atoms with E-state index in [-0.39, 0.29) is 23.7 Å². The quantitative estimate of drug-likeness (QED) is 0.533. The van der Waals surface area contributed by atoms with Crippen molar-refractivity contribution < 1.29 is 18.8 Å². The van der Waals surface area contributed by atoms with Crippen molar-refractivity contribution in [2.75, 3.05) is 11.9 Å². The maximum Gasteiger partial charge on any atom is 0.313 e. The highest BCUT2D eigenvalue weighted by atomic mass is 16.3. The first-order chi connectivity index (χ1) is 14.0. The fraction of sp³-hybridized carbons (Fsp3) is 0.409. The molecule has 7 nitrogen and oxygen atoms in total. The summed E-state index contributed by atoms with van der Waals surface area (Å²) in [5, 5.41) is 7.95. The van der Waals surface area contributed by atoms with E-state index >= 15 is 0 Å². The molecule has 0 aliphatic carbocycles. The molecular formula is C22H29N3O4. The number of hydrogen-bond acceptors (Lipinski definition) is 4. The third-order valence-corrected chi connectivity index (χ3v) is 4.72. The van der Waals surface area contributed by atoms with E-state index in [4.69, 9.17) is 4.42 Å². The minimum Gasteiger partial charge on any atom is -0.467 e. The summed E-state index contributed by atoms with van der Waals surface area (Å²) in [6, 6.07) is 10.0. The third kappa shape index (κ3) is 7.10. The van der Waals surface area contributed by atoms with E-state index in [1.165, 1.54) is 6.26 Å². The van der Waals surface area contributed by atoms with E-state index in [0.717, 1.165) is 25.7 Å². The van der Waals surface area contributed by atoms with Gasteiger partial charge in [0, 0.05) is 6.54 Å². The number of carbonyl (C=O) groups is 3. The van der Waals surface area contributed by atoms with Gasteiger partial charge >= 0.3 is 11.8 Å². The van der Waals surface area contributed by atoms with Crippen molar-refractivity contribution in [3.63, 3.8) is 0 Å². The van der Waals surface area contributed by atoms with Crippen LogP contribution in [0.1, 0.15) is 55.6 Å². The van der Waals surface area contributed by atoms with Crippen molar-refractivity contribution in [2.24, 2.45) is 5.92 Å². The van der Waals surface area contributed by atoms with E-state index in [0.29, 0.717) is 18.2 Å². The smallest absolute Gasteiger partial charge is 0.313 e. The predicted octanol–water partition coefficient (Wildman–Crippen LogP) is 3.48. The average molecular weight is 399 g/mol. The molecule has 0 saturated heterocycles. The second-order valence-electron chi connectivity index (χ2n) is 6.89. The van der Waals surface area contributed by atoms with E-state index < -0.39 is 11.8 Å². The van der Waals surface area contributed by atoms with Crippen LogP contribution in [0.15, 0.2) is 47.1 Å². The fourth-order valence-electron chi connectivity index (χ4n) is 2.91. The molecule has 7 heteroatoms. The molecule has 1 aromatic carbocycles. The molecule has 0 spiro atoms. The van der Waals surface area contributed by atoms with Gasteiger partial charge < -0.3 is 20.4 Å². The van der Waals surface area contributed by atoms with Crippen LogP contribution in [0, 0.1) is 5.92 Å². The number of hydrogen-bond donors (Lipinski definition) is 3. The van der Waals surface area contributed by atoms with Gasteiger partial charge in [0.05, 0.1) is 24.1 Å². The maximum absolute atomic E-state index is 12.5. The number of amides is 3. The summed E-state index contributed by atoms with van der Waals surface area (Å²) in [5.74, 6) is -0.894. The molecule has 2 aromatic rings. The highest BCUT2D eigenvalue weighted by Crippen LogP contribution is 2.15. The first-order valence-corrected chi connectivity index (χ1v) is 10.0. The van der Waals surface area contributed by atoms with Crippen LogP contribution < -0.4 is 16.0 Å². The van der Waals surface area contributed by atoms with Crippen molar-refractivity contribution in [3.05, 3.63) is 54.0 Å². The number of para-hydroxylation sites is 1. The molecule has 1 atom stereocenters. The Balaban J connectivity index is 1.92. The van der Waals surface area contributed by atoms with E-state index in [2.05, 4.69) is 29.8 Å². The molecule has 156 valence electrons. The zero-order valence-electron chi connectivity index (χ0n) is 17.0. The van der Waals surface area contributed by atoms with Gasteiger partial charge in [0.15, 0.2) is 0 Å². The number of benzene rings is 1. The Kier molecular flexibility index (Phi) is 8.95. The lowest BCUT2D eigenvalue weighted by atomic mass is 9.99. The topological polar surface area (TPSA) is 100 Å². The molecule has 0 saturated carbocycles. The lowest BCUT2D eigenvalue weighted by molar-refractivity contribution is -0.136. The Morgan fingerprint density at radius 3 is 2.48 bits per heavy atom. The molecule has 1 aromatic heterocycles. The van der Waals surface area contributed by atoms with Gasteiger partial charge in [0.2, 0.25) is 0 Å². The zero-order chi connectivity index (χ0) is 21.1. The number of furan rings is 1. The number of rotatable bonds is 10. The normalized spacial score (nSPS) is 11.5. The van der Waals surface area contributed by atoms with Gasteiger partial charge in [-0.1, -0.05) is 45.2 Å². The van der Waals surface area contributed by atoms with Crippen LogP contribution in [0.4, 0.5) is 5.69 Å². The Morgan fingerprint density at radius 2 is 1.79 bits per heavy atom. The van der Waals surface area contributed by atoms with Crippen LogP contribution in [0.25, 0.3) is 0 Å². The highest BCUT2D eigenvalue weighted by molar-refractivity contribution is 6.40. The number of nitrogens with one attached hydrogen (secondary N) is 3. The van der Waals surface area contributed by atoms with Gasteiger partial charge in [-0.25, -0.2) is 0 Å². The average Bonchev–Trinajstić information content (AvgIpc) is 3.26. The van der Waals surface area contributed by atoms with Crippen LogP contribution in [0.3, 0.4) is 0 Å². The van der Waals surface area contributed by atoms with Gasteiger partial charge in [-0.05, 0) is 36.6 Å². The minimum absolute atomic E-state index is 0.227. The largest absolute Gasteiger partial charge is 0.467 e. The third-order valence-electron chi connectivity index (χ3n) is 4.72. The maximum atomic E-state index is 12.5. The van der Waals surface area contributed by atoms with Gasteiger partial charge in [0.1, 0.15) is 5.76 Å². The standard InChI is InChI=1S/C22H29N3O4/c1-3-5-9-16(4-2)14-23-21(27)22(28)25-19-12-7-6-11-18(19)20(26)24-15-17-10-8-13-29-17/h6-8,10-13,16H,3-5,9,14-15H2,1-2H3,(H,23,27)(H,24,26)(H,25,28)/t16-/m0/s1. The lowest BCUT2D eigenvalue weighted by Crippen LogP contribution is -2.38. The molecule has 0 aliphatic heterocycles. The Bertz CT molecular complexity index is 802. The Morgan fingerprint density at radius 1 is 1.00 bits per heavy atom. The zero-order valence-corrected chi connectivity index (χ0v) is 17.0. The Hall–Kier alpha value is -3.09. The minimum atomic E-state index is -0.790. The van der Waals surface area contributed by atoms with Crippen molar-refractivity contribution in [3.8, 4) is 0 Å². The van der Waals surface area contributed by atoms with Crippen LogP contribution >= 0.6 is 0 Å². The van der Waals surface area contributed by atoms with Crippen molar-refractivity contribution in [2.45, 2.75) is 46.1 Å². The molecule has 29 heavy (non-hydrogen) atoms.